The third-order valence-corrected chi connectivity index (χ3v) is 4.48. The summed E-state index contributed by atoms with van der Waals surface area (Å²) in [6.07, 6.45) is 1.78. The quantitative estimate of drug-likeness (QED) is 0.517. The van der Waals surface area contributed by atoms with Crippen LogP contribution in [-0.2, 0) is 18.2 Å². The number of aryl methyl sites for hydroxylation is 1. The fraction of sp³-hybridized carbons (Fsp3) is 0.150. The van der Waals surface area contributed by atoms with Gasteiger partial charge in [-0.3, -0.25) is 9.78 Å². The van der Waals surface area contributed by atoms with Gasteiger partial charge in [0.15, 0.2) is 11.3 Å². The van der Waals surface area contributed by atoms with Crippen molar-refractivity contribution in [3.8, 4) is 11.3 Å². The van der Waals surface area contributed by atoms with E-state index < -0.39 is 23.2 Å². The van der Waals surface area contributed by atoms with Gasteiger partial charge in [-0.25, -0.2) is 23.2 Å². The maximum Gasteiger partial charge on any atom is 0.359 e. The number of aromatic nitrogens is 5. The summed E-state index contributed by atoms with van der Waals surface area (Å²) in [6.45, 7) is 0. The summed E-state index contributed by atoms with van der Waals surface area (Å²) >= 11 is 0. The number of benzene rings is 1. The molecule has 0 aliphatic rings. The van der Waals surface area contributed by atoms with Crippen molar-refractivity contribution < 1.29 is 18.3 Å². The lowest BCUT2D eigenvalue weighted by molar-refractivity contribution is 0.0595. The molecule has 1 aromatic carbocycles. The zero-order valence-electron chi connectivity index (χ0n) is 15.9. The number of nitrogens with zero attached hydrogens (tertiary/aromatic N) is 4. The van der Waals surface area contributed by atoms with Crippen LogP contribution in [0.4, 0.5) is 8.78 Å². The lowest BCUT2D eigenvalue weighted by Gasteiger charge is -2.05. The van der Waals surface area contributed by atoms with Gasteiger partial charge in [0.05, 0.1) is 12.8 Å². The van der Waals surface area contributed by atoms with Crippen LogP contribution < -0.4 is 5.56 Å². The Balaban J connectivity index is 1.65. The van der Waals surface area contributed by atoms with E-state index in [2.05, 4.69) is 24.8 Å². The van der Waals surface area contributed by atoms with E-state index in [1.807, 2.05) is 0 Å². The molecule has 0 spiro atoms. The number of carbonyl (C=O) groups is 1. The third-order valence-electron chi connectivity index (χ3n) is 4.48. The van der Waals surface area contributed by atoms with E-state index >= 15 is 0 Å². The van der Waals surface area contributed by atoms with Gasteiger partial charge in [0.1, 0.15) is 22.8 Å². The molecule has 10 heteroatoms. The molecule has 0 saturated carbocycles. The topological polar surface area (TPSA) is 103 Å². The Bertz CT molecular complexity index is 1310. The lowest BCUT2D eigenvalue weighted by Crippen LogP contribution is -2.15. The normalized spacial score (nSPS) is 11.1. The van der Waals surface area contributed by atoms with Crippen LogP contribution in [0.25, 0.3) is 22.3 Å². The number of aromatic amines is 1. The summed E-state index contributed by atoms with van der Waals surface area (Å²) in [5.41, 5.74) is 1.06. The van der Waals surface area contributed by atoms with Crippen molar-refractivity contribution in [2.75, 3.05) is 7.11 Å². The number of halogens is 2. The van der Waals surface area contributed by atoms with Crippen molar-refractivity contribution in [2.24, 2.45) is 7.05 Å². The summed E-state index contributed by atoms with van der Waals surface area (Å²) in [6, 6.07) is 6.52. The van der Waals surface area contributed by atoms with Crippen molar-refractivity contribution in [1.29, 1.82) is 0 Å². The van der Waals surface area contributed by atoms with Gasteiger partial charge in [-0.05, 0) is 23.8 Å². The molecule has 0 unspecified atom stereocenters. The minimum absolute atomic E-state index is 0.0507. The molecular formula is C20H15F2N5O3. The summed E-state index contributed by atoms with van der Waals surface area (Å²) in [5, 5.41) is 4.07. The molecule has 8 nitrogen and oxygen atoms in total. The van der Waals surface area contributed by atoms with Crippen LogP contribution in [0.3, 0.4) is 0 Å². The number of esters is 1. The number of rotatable bonds is 4. The highest BCUT2D eigenvalue weighted by molar-refractivity contribution is 6.00. The average Bonchev–Trinajstić information content (AvgIpc) is 3.04. The van der Waals surface area contributed by atoms with Crippen LogP contribution in [0.15, 0.2) is 41.3 Å². The van der Waals surface area contributed by atoms with Crippen LogP contribution >= 0.6 is 0 Å². The summed E-state index contributed by atoms with van der Waals surface area (Å²) < 4.78 is 32.8. The van der Waals surface area contributed by atoms with Crippen molar-refractivity contribution in [2.45, 2.75) is 6.42 Å². The molecule has 4 rings (SSSR count). The molecule has 0 amide bonds. The maximum absolute atomic E-state index is 13.4. The summed E-state index contributed by atoms with van der Waals surface area (Å²) in [4.78, 5) is 35.6. The molecule has 3 aromatic heterocycles. The molecule has 0 atom stereocenters. The zero-order chi connectivity index (χ0) is 21.4. The third kappa shape index (κ3) is 3.54. The minimum atomic E-state index is -0.728. The van der Waals surface area contributed by atoms with Crippen LogP contribution in [-0.4, -0.2) is 37.8 Å². The minimum Gasteiger partial charge on any atom is -0.464 e. The van der Waals surface area contributed by atoms with Gasteiger partial charge in [-0.1, -0.05) is 6.07 Å². The van der Waals surface area contributed by atoms with Gasteiger partial charge in [0.25, 0.3) is 5.56 Å². The second-order valence-corrected chi connectivity index (χ2v) is 6.56. The first-order valence-corrected chi connectivity index (χ1v) is 8.81. The second-order valence-electron chi connectivity index (χ2n) is 6.56. The van der Waals surface area contributed by atoms with Gasteiger partial charge >= 0.3 is 5.97 Å². The number of nitrogens with one attached hydrogen (secondary N) is 1. The number of hydrogen-bond donors (Lipinski definition) is 1. The zero-order valence-corrected chi connectivity index (χ0v) is 15.9. The Kier molecular flexibility index (Phi) is 4.82. The van der Waals surface area contributed by atoms with Crippen molar-refractivity contribution in [3.05, 3.63) is 75.6 Å². The molecule has 0 fully saturated rings. The molecule has 4 aromatic rings. The number of ether oxygens (including phenoxy) is 1. The van der Waals surface area contributed by atoms with E-state index in [4.69, 9.17) is 0 Å². The van der Waals surface area contributed by atoms with Crippen LogP contribution in [0.5, 0.6) is 0 Å². The van der Waals surface area contributed by atoms with Crippen molar-refractivity contribution >= 4 is 17.0 Å². The molecule has 0 bridgehead atoms. The first kappa shape index (κ1) is 19.4. The van der Waals surface area contributed by atoms with E-state index in [0.29, 0.717) is 22.6 Å². The number of fused-ring (bicyclic) bond motifs is 1. The van der Waals surface area contributed by atoms with Crippen LogP contribution in [0.1, 0.15) is 21.9 Å². The van der Waals surface area contributed by atoms with E-state index in [1.165, 1.54) is 30.1 Å². The van der Waals surface area contributed by atoms with Crippen molar-refractivity contribution in [3.63, 3.8) is 0 Å². The molecule has 152 valence electrons. The molecule has 0 aliphatic carbocycles. The van der Waals surface area contributed by atoms with Gasteiger partial charge in [-0.2, -0.15) is 5.10 Å². The summed E-state index contributed by atoms with van der Waals surface area (Å²) in [7, 11) is 2.77. The van der Waals surface area contributed by atoms with E-state index in [0.717, 1.165) is 6.07 Å². The second kappa shape index (κ2) is 7.47. The predicted octanol–water partition coefficient (Wildman–Crippen LogP) is 2.37. The fourth-order valence-corrected chi connectivity index (χ4v) is 3.12. The Morgan fingerprint density at radius 3 is 2.57 bits per heavy atom. The Morgan fingerprint density at radius 2 is 1.93 bits per heavy atom. The van der Waals surface area contributed by atoms with E-state index in [1.54, 1.807) is 19.2 Å². The standard InChI is InChI=1S/C20H15F2N5O3/c1-27-18-16(17(26-27)20(29)30-2)19(28)25-15(24-18)5-10-3-4-14(23-9-10)11-6-12(21)8-13(22)7-11/h3-4,6-9H,5H2,1-2H3,(H,24,25,28). The molecule has 0 saturated heterocycles. The first-order chi connectivity index (χ1) is 14.4. The molecular weight excluding hydrogens is 396 g/mol. The monoisotopic (exact) mass is 411 g/mol. The van der Waals surface area contributed by atoms with E-state index in [9.17, 15) is 18.4 Å². The number of hydrogen-bond acceptors (Lipinski definition) is 6. The van der Waals surface area contributed by atoms with Gasteiger partial charge in [0.2, 0.25) is 0 Å². The van der Waals surface area contributed by atoms with Gasteiger partial charge in [0, 0.05) is 31.3 Å². The Morgan fingerprint density at radius 1 is 1.20 bits per heavy atom. The number of pyridine rings is 1. The number of carbonyl (C=O) groups excluding carboxylic acids is 1. The van der Waals surface area contributed by atoms with Gasteiger partial charge < -0.3 is 9.72 Å². The molecule has 0 radical (unpaired) electrons. The van der Waals surface area contributed by atoms with Crippen LogP contribution in [0.2, 0.25) is 0 Å². The maximum atomic E-state index is 13.4. The highest BCUT2D eigenvalue weighted by Crippen LogP contribution is 2.20. The number of H-pyrrole nitrogens is 1. The first-order valence-electron chi connectivity index (χ1n) is 8.81. The Labute approximate surface area is 168 Å². The van der Waals surface area contributed by atoms with Gasteiger partial charge in [-0.15, -0.1) is 0 Å². The highest BCUT2D eigenvalue weighted by atomic mass is 19.1. The lowest BCUT2D eigenvalue weighted by atomic mass is 10.1. The smallest absolute Gasteiger partial charge is 0.359 e. The fourth-order valence-electron chi connectivity index (χ4n) is 3.12. The van der Waals surface area contributed by atoms with Crippen molar-refractivity contribution in [1.82, 2.24) is 24.7 Å². The molecule has 0 aliphatic heterocycles. The molecule has 3 heterocycles. The average molecular weight is 411 g/mol. The molecule has 1 N–H and O–H groups in total. The molecule has 30 heavy (non-hydrogen) atoms. The SMILES string of the molecule is COC(=O)c1nn(C)c2nc(Cc3ccc(-c4cc(F)cc(F)c4)nc3)[nH]c(=O)c12. The Hall–Kier alpha value is -3.95. The number of methoxy groups -OCH3 is 1. The van der Waals surface area contributed by atoms with E-state index in [-0.39, 0.29) is 23.1 Å². The predicted molar refractivity (Wildman–Crippen MR) is 103 cm³/mol. The summed E-state index contributed by atoms with van der Waals surface area (Å²) in [5.74, 6) is -1.76. The highest BCUT2D eigenvalue weighted by Gasteiger charge is 2.21. The van der Waals surface area contributed by atoms with Crippen LogP contribution in [0, 0.1) is 11.6 Å². The largest absolute Gasteiger partial charge is 0.464 e.